The molecule has 0 saturated heterocycles. The van der Waals surface area contributed by atoms with Crippen molar-refractivity contribution in [3.63, 3.8) is 0 Å². The molecule has 0 saturated carbocycles. The SMILES string of the molecule is Cc1nn(CC(O)CNCC(C)C)c(C)c1Br. The fourth-order valence-corrected chi connectivity index (χ4v) is 1.94. The van der Waals surface area contributed by atoms with Gasteiger partial charge in [0.25, 0.3) is 0 Å². The van der Waals surface area contributed by atoms with E-state index in [1.54, 1.807) is 0 Å². The molecule has 1 atom stereocenters. The Bertz CT molecular complexity index is 363. The molecule has 0 bridgehead atoms. The summed E-state index contributed by atoms with van der Waals surface area (Å²) in [5, 5.41) is 17.5. The summed E-state index contributed by atoms with van der Waals surface area (Å²) < 4.78 is 2.88. The van der Waals surface area contributed by atoms with Crippen molar-refractivity contribution in [2.45, 2.75) is 40.3 Å². The van der Waals surface area contributed by atoms with Crippen molar-refractivity contribution < 1.29 is 5.11 Å². The molecule has 0 spiro atoms. The summed E-state index contributed by atoms with van der Waals surface area (Å²) in [6.45, 7) is 10.3. The minimum Gasteiger partial charge on any atom is -0.390 e. The first-order chi connectivity index (χ1) is 7.91. The minimum absolute atomic E-state index is 0.404. The molecule has 1 aromatic rings. The summed E-state index contributed by atoms with van der Waals surface area (Å²) in [5.74, 6) is 0.602. The monoisotopic (exact) mass is 303 g/mol. The van der Waals surface area contributed by atoms with Crippen LogP contribution in [0.2, 0.25) is 0 Å². The number of nitrogens with one attached hydrogen (secondary N) is 1. The van der Waals surface area contributed by atoms with Crippen molar-refractivity contribution >= 4 is 15.9 Å². The maximum Gasteiger partial charge on any atom is 0.0860 e. The number of hydrogen-bond donors (Lipinski definition) is 2. The molecule has 0 amide bonds. The molecule has 0 fully saturated rings. The van der Waals surface area contributed by atoms with Gasteiger partial charge in [0, 0.05) is 12.2 Å². The lowest BCUT2D eigenvalue weighted by Crippen LogP contribution is -2.32. The molecule has 0 aliphatic heterocycles. The van der Waals surface area contributed by atoms with E-state index in [1.165, 1.54) is 0 Å². The number of aryl methyl sites for hydroxylation is 1. The van der Waals surface area contributed by atoms with E-state index in [1.807, 2.05) is 18.5 Å². The third-order valence-electron chi connectivity index (χ3n) is 2.61. The van der Waals surface area contributed by atoms with Gasteiger partial charge < -0.3 is 10.4 Å². The van der Waals surface area contributed by atoms with Crippen LogP contribution in [0.1, 0.15) is 25.2 Å². The third-order valence-corrected chi connectivity index (χ3v) is 3.76. The highest BCUT2D eigenvalue weighted by molar-refractivity contribution is 9.10. The molecule has 0 radical (unpaired) electrons. The van der Waals surface area contributed by atoms with E-state index in [0.29, 0.717) is 19.0 Å². The zero-order chi connectivity index (χ0) is 13.0. The Hall–Kier alpha value is -0.390. The molecular weight excluding hydrogens is 282 g/mol. The fraction of sp³-hybridized carbons (Fsp3) is 0.750. The Balaban J connectivity index is 2.45. The Morgan fingerprint density at radius 1 is 1.35 bits per heavy atom. The van der Waals surface area contributed by atoms with Gasteiger partial charge in [-0.1, -0.05) is 13.8 Å². The van der Waals surface area contributed by atoms with E-state index in [4.69, 9.17) is 0 Å². The van der Waals surface area contributed by atoms with Crippen LogP contribution < -0.4 is 5.32 Å². The molecule has 1 heterocycles. The molecule has 1 aromatic heterocycles. The van der Waals surface area contributed by atoms with Crippen LogP contribution in [-0.4, -0.2) is 34.1 Å². The van der Waals surface area contributed by atoms with E-state index in [2.05, 4.69) is 40.2 Å². The Morgan fingerprint density at radius 3 is 2.47 bits per heavy atom. The molecule has 1 unspecified atom stereocenters. The second kappa shape index (κ2) is 6.52. The summed E-state index contributed by atoms with van der Waals surface area (Å²) in [4.78, 5) is 0. The third kappa shape index (κ3) is 4.41. The second-order valence-corrected chi connectivity index (χ2v) is 5.67. The van der Waals surface area contributed by atoms with Gasteiger partial charge in [-0.05, 0) is 42.2 Å². The van der Waals surface area contributed by atoms with E-state index in [9.17, 15) is 5.11 Å². The van der Waals surface area contributed by atoms with E-state index in [-0.39, 0.29) is 0 Å². The summed E-state index contributed by atoms with van der Waals surface area (Å²) in [6, 6.07) is 0. The molecular formula is C12H22BrN3O. The molecule has 0 aliphatic carbocycles. The Kier molecular flexibility index (Phi) is 5.62. The average molecular weight is 304 g/mol. The standard InChI is InChI=1S/C12H22BrN3O/c1-8(2)5-14-6-11(17)7-16-10(4)12(13)9(3)15-16/h8,11,14,17H,5-7H2,1-4H3. The van der Waals surface area contributed by atoms with Crippen LogP contribution in [0.15, 0.2) is 4.47 Å². The van der Waals surface area contributed by atoms with Crippen LogP contribution in [0.5, 0.6) is 0 Å². The molecule has 5 heteroatoms. The van der Waals surface area contributed by atoms with E-state index < -0.39 is 6.10 Å². The smallest absolute Gasteiger partial charge is 0.0860 e. The number of halogens is 1. The normalized spacial score (nSPS) is 13.4. The molecule has 0 aliphatic rings. The molecule has 17 heavy (non-hydrogen) atoms. The minimum atomic E-state index is -0.404. The van der Waals surface area contributed by atoms with Gasteiger partial charge in [-0.2, -0.15) is 5.10 Å². The number of rotatable bonds is 6. The molecule has 4 nitrogen and oxygen atoms in total. The highest BCUT2D eigenvalue weighted by Gasteiger charge is 2.12. The number of aliphatic hydroxyl groups excluding tert-OH is 1. The van der Waals surface area contributed by atoms with Crippen LogP contribution in [0.25, 0.3) is 0 Å². The van der Waals surface area contributed by atoms with Crippen molar-refractivity contribution in [2.24, 2.45) is 5.92 Å². The fourth-order valence-electron chi connectivity index (χ4n) is 1.66. The molecule has 98 valence electrons. The van der Waals surface area contributed by atoms with Crippen molar-refractivity contribution in [3.8, 4) is 0 Å². The lowest BCUT2D eigenvalue weighted by molar-refractivity contribution is 0.145. The van der Waals surface area contributed by atoms with Crippen molar-refractivity contribution in [1.82, 2.24) is 15.1 Å². The first kappa shape index (κ1) is 14.7. The molecule has 2 N–H and O–H groups in total. The van der Waals surface area contributed by atoms with Gasteiger partial charge in [0.2, 0.25) is 0 Å². The number of nitrogens with zero attached hydrogens (tertiary/aromatic N) is 2. The van der Waals surface area contributed by atoms with Gasteiger partial charge in [0.05, 0.1) is 22.8 Å². The van der Waals surface area contributed by atoms with Gasteiger partial charge in [-0.3, -0.25) is 4.68 Å². The van der Waals surface area contributed by atoms with Gasteiger partial charge in [0.15, 0.2) is 0 Å². The highest BCUT2D eigenvalue weighted by Crippen LogP contribution is 2.19. The van der Waals surface area contributed by atoms with Crippen molar-refractivity contribution in [2.75, 3.05) is 13.1 Å². The van der Waals surface area contributed by atoms with Crippen molar-refractivity contribution in [1.29, 1.82) is 0 Å². The predicted octanol–water partition coefficient (Wildman–Crippen LogP) is 1.87. The van der Waals surface area contributed by atoms with Crippen LogP contribution in [0.4, 0.5) is 0 Å². The topological polar surface area (TPSA) is 50.1 Å². The maximum atomic E-state index is 9.90. The quantitative estimate of drug-likeness (QED) is 0.843. The maximum absolute atomic E-state index is 9.90. The Labute approximate surface area is 112 Å². The predicted molar refractivity (Wildman–Crippen MR) is 73.1 cm³/mol. The van der Waals surface area contributed by atoms with Crippen LogP contribution in [-0.2, 0) is 6.54 Å². The highest BCUT2D eigenvalue weighted by atomic mass is 79.9. The summed E-state index contributed by atoms with van der Waals surface area (Å²) in [7, 11) is 0. The first-order valence-electron chi connectivity index (χ1n) is 6.00. The largest absolute Gasteiger partial charge is 0.390 e. The zero-order valence-corrected chi connectivity index (χ0v) is 12.6. The average Bonchev–Trinajstić information content (AvgIpc) is 2.46. The van der Waals surface area contributed by atoms with Gasteiger partial charge in [-0.15, -0.1) is 0 Å². The number of hydrogen-bond acceptors (Lipinski definition) is 3. The summed E-state index contributed by atoms with van der Waals surface area (Å²) in [5.41, 5.74) is 2.02. The summed E-state index contributed by atoms with van der Waals surface area (Å²) in [6.07, 6.45) is -0.404. The molecule has 0 aromatic carbocycles. The van der Waals surface area contributed by atoms with Crippen LogP contribution in [0.3, 0.4) is 0 Å². The molecule has 1 rings (SSSR count). The number of aliphatic hydroxyl groups is 1. The van der Waals surface area contributed by atoms with E-state index in [0.717, 1.165) is 22.4 Å². The first-order valence-corrected chi connectivity index (χ1v) is 6.79. The Morgan fingerprint density at radius 2 is 2.00 bits per heavy atom. The van der Waals surface area contributed by atoms with Gasteiger partial charge >= 0.3 is 0 Å². The lowest BCUT2D eigenvalue weighted by Gasteiger charge is -2.14. The van der Waals surface area contributed by atoms with Crippen LogP contribution in [0, 0.1) is 19.8 Å². The number of aromatic nitrogens is 2. The van der Waals surface area contributed by atoms with Gasteiger partial charge in [-0.25, -0.2) is 0 Å². The van der Waals surface area contributed by atoms with E-state index >= 15 is 0 Å². The zero-order valence-electron chi connectivity index (χ0n) is 11.0. The summed E-state index contributed by atoms with van der Waals surface area (Å²) >= 11 is 3.48. The second-order valence-electron chi connectivity index (χ2n) is 4.87. The van der Waals surface area contributed by atoms with Crippen LogP contribution >= 0.6 is 15.9 Å². The lowest BCUT2D eigenvalue weighted by atomic mass is 10.2. The van der Waals surface area contributed by atoms with Crippen molar-refractivity contribution in [3.05, 3.63) is 15.9 Å². The van der Waals surface area contributed by atoms with Gasteiger partial charge in [0.1, 0.15) is 0 Å².